The maximum absolute atomic E-state index is 12.3. The van der Waals surface area contributed by atoms with E-state index in [0.29, 0.717) is 18.0 Å². The Morgan fingerprint density at radius 2 is 2.00 bits per heavy atom. The first-order valence-electron chi connectivity index (χ1n) is 9.14. The minimum absolute atomic E-state index is 0.160. The zero-order valence-corrected chi connectivity index (χ0v) is 18.5. The molecule has 2 aromatic carbocycles. The molecule has 8 heteroatoms. The van der Waals surface area contributed by atoms with Crippen molar-refractivity contribution in [2.24, 2.45) is 0 Å². The van der Waals surface area contributed by atoms with Gasteiger partial charge in [-0.15, -0.1) is 11.3 Å². The highest BCUT2D eigenvalue weighted by Crippen LogP contribution is 2.21. The van der Waals surface area contributed by atoms with Crippen LogP contribution in [0.1, 0.15) is 21.8 Å². The Labute approximate surface area is 180 Å². The number of aromatic nitrogens is 1. The Morgan fingerprint density at radius 3 is 2.70 bits per heavy atom. The van der Waals surface area contributed by atoms with Gasteiger partial charge in [-0.1, -0.05) is 18.2 Å². The minimum atomic E-state index is -3.35. The number of sulfone groups is 1. The van der Waals surface area contributed by atoms with Gasteiger partial charge < -0.3 is 10.1 Å². The molecule has 1 heterocycles. The van der Waals surface area contributed by atoms with Crippen LogP contribution in [-0.4, -0.2) is 25.6 Å². The van der Waals surface area contributed by atoms with Crippen molar-refractivity contribution in [3.05, 3.63) is 75.7 Å². The van der Waals surface area contributed by atoms with E-state index in [9.17, 15) is 13.2 Å². The molecule has 0 aliphatic carbocycles. The predicted molar refractivity (Wildman–Crippen MR) is 120 cm³/mol. The van der Waals surface area contributed by atoms with Crippen molar-refractivity contribution in [1.82, 2.24) is 4.98 Å². The molecule has 0 atom stereocenters. The van der Waals surface area contributed by atoms with Crippen LogP contribution in [0.15, 0.2) is 58.8 Å². The third kappa shape index (κ3) is 6.01. The molecule has 3 aromatic rings. The number of nitrogens with zero attached hydrogens (tertiary/aromatic N) is 1. The summed E-state index contributed by atoms with van der Waals surface area (Å²) in [6.45, 7) is 4.13. The zero-order valence-electron chi connectivity index (χ0n) is 16.9. The van der Waals surface area contributed by atoms with Crippen LogP contribution in [0.25, 0.3) is 6.08 Å². The van der Waals surface area contributed by atoms with E-state index >= 15 is 0 Å². The molecule has 0 aliphatic rings. The lowest BCUT2D eigenvalue weighted by Gasteiger charge is -2.08. The lowest BCUT2D eigenvalue weighted by Crippen LogP contribution is -2.10. The standard InChI is InChI=1S/C22H22N2O4S2/c1-15-7-9-20(30(3,26)27)12-21(15)24-22(25)10-8-17-5-4-6-19(11-17)28-13-18-14-29-16(2)23-18/h4-12,14H,13H2,1-3H3,(H,24,25)/b10-8+. The molecular formula is C22H22N2O4S2. The van der Waals surface area contributed by atoms with Gasteiger partial charge in [0.15, 0.2) is 9.84 Å². The number of carbonyl (C=O) groups is 1. The number of aryl methyl sites for hydroxylation is 2. The van der Waals surface area contributed by atoms with Crippen LogP contribution in [0.5, 0.6) is 5.75 Å². The second kappa shape index (κ2) is 9.23. The maximum atomic E-state index is 12.3. The second-order valence-corrected chi connectivity index (χ2v) is 9.87. The van der Waals surface area contributed by atoms with Crippen molar-refractivity contribution in [2.45, 2.75) is 25.3 Å². The average Bonchev–Trinajstić information content (AvgIpc) is 3.11. The van der Waals surface area contributed by atoms with E-state index in [1.54, 1.807) is 30.4 Å². The number of hydrogen-bond donors (Lipinski definition) is 1. The van der Waals surface area contributed by atoms with Crippen LogP contribution in [0, 0.1) is 13.8 Å². The predicted octanol–water partition coefficient (Wildman–Crippen LogP) is 4.39. The lowest BCUT2D eigenvalue weighted by molar-refractivity contribution is -0.111. The molecule has 3 rings (SSSR count). The summed E-state index contributed by atoms with van der Waals surface area (Å²) in [6, 6.07) is 12.0. The minimum Gasteiger partial charge on any atom is -0.487 e. The summed E-state index contributed by atoms with van der Waals surface area (Å²) in [4.78, 5) is 16.8. The van der Waals surface area contributed by atoms with Crippen molar-refractivity contribution in [2.75, 3.05) is 11.6 Å². The van der Waals surface area contributed by atoms with Gasteiger partial charge in [0.2, 0.25) is 5.91 Å². The Balaban J connectivity index is 1.65. The zero-order chi connectivity index (χ0) is 21.7. The summed E-state index contributed by atoms with van der Waals surface area (Å²) in [5, 5.41) is 5.68. The molecule has 0 spiro atoms. The van der Waals surface area contributed by atoms with E-state index in [1.165, 1.54) is 18.2 Å². The van der Waals surface area contributed by atoms with E-state index in [2.05, 4.69) is 10.3 Å². The summed E-state index contributed by atoms with van der Waals surface area (Å²) in [6.07, 6.45) is 4.20. The number of nitrogens with one attached hydrogen (secondary N) is 1. The normalized spacial score (nSPS) is 11.6. The first-order chi connectivity index (χ1) is 14.2. The molecule has 156 valence electrons. The van der Waals surface area contributed by atoms with E-state index in [0.717, 1.165) is 28.1 Å². The fraction of sp³-hybridized carbons (Fsp3) is 0.182. The number of anilines is 1. The fourth-order valence-corrected chi connectivity index (χ4v) is 3.90. The summed E-state index contributed by atoms with van der Waals surface area (Å²) >= 11 is 1.58. The first kappa shape index (κ1) is 21.7. The Kier molecular flexibility index (Phi) is 6.69. The fourth-order valence-electron chi connectivity index (χ4n) is 2.65. The van der Waals surface area contributed by atoms with E-state index < -0.39 is 9.84 Å². The van der Waals surface area contributed by atoms with Gasteiger partial charge in [0.1, 0.15) is 12.4 Å². The summed E-state index contributed by atoms with van der Waals surface area (Å²) in [7, 11) is -3.35. The van der Waals surface area contributed by atoms with E-state index in [4.69, 9.17) is 4.74 Å². The van der Waals surface area contributed by atoms with Gasteiger partial charge in [-0.25, -0.2) is 13.4 Å². The van der Waals surface area contributed by atoms with Crippen molar-refractivity contribution in [3.63, 3.8) is 0 Å². The molecule has 6 nitrogen and oxygen atoms in total. The molecular weight excluding hydrogens is 420 g/mol. The van der Waals surface area contributed by atoms with Crippen LogP contribution in [0.4, 0.5) is 5.69 Å². The number of amides is 1. The van der Waals surface area contributed by atoms with Crippen LogP contribution >= 0.6 is 11.3 Å². The monoisotopic (exact) mass is 442 g/mol. The number of thiazole rings is 1. The number of rotatable bonds is 7. The largest absolute Gasteiger partial charge is 0.487 e. The summed E-state index contributed by atoms with van der Waals surface area (Å²) in [5.41, 5.74) is 2.92. The topological polar surface area (TPSA) is 85.4 Å². The van der Waals surface area contributed by atoms with E-state index in [-0.39, 0.29) is 10.8 Å². The van der Waals surface area contributed by atoms with Crippen molar-refractivity contribution in [3.8, 4) is 5.75 Å². The smallest absolute Gasteiger partial charge is 0.248 e. The quantitative estimate of drug-likeness (QED) is 0.549. The van der Waals surface area contributed by atoms with Crippen molar-refractivity contribution >= 4 is 38.8 Å². The molecule has 1 N–H and O–H groups in total. The molecule has 1 aromatic heterocycles. The highest BCUT2D eigenvalue weighted by atomic mass is 32.2. The third-order valence-electron chi connectivity index (χ3n) is 4.23. The molecule has 30 heavy (non-hydrogen) atoms. The van der Waals surface area contributed by atoms with Crippen LogP contribution < -0.4 is 10.1 Å². The molecule has 0 aliphatic heterocycles. The van der Waals surface area contributed by atoms with Gasteiger partial charge in [-0.2, -0.15) is 0 Å². The number of ether oxygens (including phenoxy) is 1. The van der Waals surface area contributed by atoms with Crippen LogP contribution in [0.2, 0.25) is 0 Å². The molecule has 0 radical (unpaired) electrons. The van der Waals surface area contributed by atoms with Crippen molar-refractivity contribution < 1.29 is 17.9 Å². The van der Waals surface area contributed by atoms with Crippen LogP contribution in [0.3, 0.4) is 0 Å². The Morgan fingerprint density at radius 1 is 1.20 bits per heavy atom. The molecule has 0 unspecified atom stereocenters. The number of benzene rings is 2. The van der Waals surface area contributed by atoms with Gasteiger partial charge in [0, 0.05) is 23.4 Å². The average molecular weight is 443 g/mol. The second-order valence-electron chi connectivity index (χ2n) is 6.79. The number of hydrogen-bond acceptors (Lipinski definition) is 6. The first-order valence-corrected chi connectivity index (χ1v) is 11.9. The molecule has 0 fully saturated rings. The highest BCUT2D eigenvalue weighted by Gasteiger charge is 2.10. The van der Waals surface area contributed by atoms with Crippen molar-refractivity contribution in [1.29, 1.82) is 0 Å². The molecule has 0 saturated carbocycles. The molecule has 0 bridgehead atoms. The van der Waals surface area contributed by atoms with E-state index in [1.807, 2.05) is 36.6 Å². The summed E-state index contributed by atoms with van der Waals surface area (Å²) in [5.74, 6) is 0.327. The van der Waals surface area contributed by atoms with Gasteiger partial charge in [-0.3, -0.25) is 4.79 Å². The summed E-state index contributed by atoms with van der Waals surface area (Å²) < 4.78 is 29.2. The Hall–Kier alpha value is -2.97. The van der Waals surface area contributed by atoms with Gasteiger partial charge in [0.05, 0.1) is 15.6 Å². The maximum Gasteiger partial charge on any atom is 0.248 e. The van der Waals surface area contributed by atoms with Gasteiger partial charge >= 0.3 is 0 Å². The van der Waals surface area contributed by atoms with Gasteiger partial charge in [-0.05, 0) is 55.3 Å². The number of carbonyl (C=O) groups excluding carboxylic acids is 1. The van der Waals surface area contributed by atoms with Gasteiger partial charge in [0.25, 0.3) is 0 Å². The van der Waals surface area contributed by atoms with Crippen LogP contribution in [-0.2, 0) is 21.2 Å². The molecule has 0 saturated heterocycles. The third-order valence-corrected chi connectivity index (χ3v) is 6.17. The SMILES string of the molecule is Cc1nc(COc2cccc(/C=C/C(=O)Nc3cc(S(C)(=O)=O)ccc3C)c2)cs1. The Bertz CT molecular complexity index is 1200. The molecule has 1 amide bonds. The highest BCUT2D eigenvalue weighted by molar-refractivity contribution is 7.90. The lowest BCUT2D eigenvalue weighted by atomic mass is 10.2.